The first-order valence-electron chi connectivity index (χ1n) is 13.5. The summed E-state index contributed by atoms with van der Waals surface area (Å²) in [5, 5.41) is 12.6. The minimum absolute atomic E-state index is 0.147. The van der Waals surface area contributed by atoms with Gasteiger partial charge in [-0.1, -0.05) is 59.6 Å². The topological polar surface area (TPSA) is 107 Å². The van der Waals surface area contributed by atoms with E-state index in [0.29, 0.717) is 41.5 Å². The summed E-state index contributed by atoms with van der Waals surface area (Å²) in [4.78, 5) is 24.3. The quantitative estimate of drug-likeness (QED) is 0.0963. The second kappa shape index (κ2) is 15.5. The van der Waals surface area contributed by atoms with Gasteiger partial charge in [0.1, 0.15) is 24.9 Å². The summed E-state index contributed by atoms with van der Waals surface area (Å²) < 4.78 is 22.4. The smallest absolute Gasteiger partial charge is 0.337 e. The first-order chi connectivity index (χ1) is 21.3. The summed E-state index contributed by atoms with van der Waals surface area (Å²) in [6.07, 6.45) is 1.36. The number of nitrogens with zero attached hydrogens (tertiary/aromatic N) is 1. The van der Waals surface area contributed by atoms with Gasteiger partial charge in [-0.25, -0.2) is 4.79 Å². The van der Waals surface area contributed by atoms with E-state index in [1.807, 2.05) is 61.5 Å². The lowest BCUT2D eigenvalue weighted by atomic mass is 10.1. The number of hydrogen-bond donors (Lipinski definition) is 1. The van der Waals surface area contributed by atoms with Crippen molar-refractivity contribution in [1.82, 2.24) is 0 Å². The van der Waals surface area contributed by atoms with Crippen LogP contribution in [0.25, 0.3) is 6.08 Å². The van der Waals surface area contributed by atoms with E-state index >= 15 is 0 Å². The maximum Gasteiger partial charge on any atom is 0.337 e. The molecule has 0 saturated carbocycles. The Hall–Kier alpha value is -4.97. The number of halogens is 2. The number of esters is 1. The number of carbonyl (C=O) groups excluding carboxylic acids is 2. The first kappa shape index (κ1) is 32.0. The van der Waals surface area contributed by atoms with Crippen molar-refractivity contribution in [3.63, 3.8) is 0 Å². The number of carbonyl (C=O) groups is 2. The van der Waals surface area contributed by atoms with Crippen LogP contribution in [-0.2, 0) is 22.7 Å². The van der Waals surface area contributed by atoms with Crippen LogP contribution in [-0.4, -0.2) is 25.6 Å². The van der Waals surface area contributed by atoms with E-state index in [-0.39, 0.29) is 28.0 Å². The summed E-state index contributed by atoms with van der Waals surface area (Å²) in [6, 6.07) is 26.4. The zero-order chi connectivity index (χ0) is 31.5. The lowest BCUT2D eigenvalue weighted by molar-refractivity contribution is -0.112. The molecule has 8 nitrogen and oxygen atoms in total. The highest BCUT2D eigenvalue weighted by molar-refractivity contribution is 6.37. The average molecular weight is 632 g/mol. The molecule has 0 atom stereocenters. The van der Waals surface area contributed by atoms with Gasteiger partial charge in [0.2, 0.25) is 0 Å². The van der Waals surface area contributed by atoms with Crippen molar-refractivity contribution in [1.29, 1.82) is 5.26 Å². The third kappa shape index (κ3) is 8.54. The maximum absolute atomic E-state index is 12.7. The molecule has 0 aliphatic carbocycles. The van der Waals surface area contributed by atoms with Crippen molar-refractivity contribution in [3.8, 4) is 23.3 Å². The molecule has 0 bridgehead atoms. The zero-order valence-corrected chi connectivity index (χ0v) is 25.4. The van der Waals surface area contributed by atoms with Gasteiger partial charge in [-0.2, -0.15) is 5.26 Å². The molecule has 0 spiro atoms. The number of nitrogens with one attached hydrogen (secondary N) is 1. The van der Waals surface area contributed by atoms with Crippen LogP contribution in [0.15, 0.2) is 90.5 Å². The van der Waals surface area contributed by atoms with Crippen molar-refractivity contribution < 1.29 is 28.5 Å². The highest BCUT2D eigenvalue weighted by Crippen LogP contribution is 2.36. The molecule has 4 aromatic rings. The van der Waals surface area contributed by atoms with Crippen molar-refractivity contribution in [3.05, 3.63) is 123 Å². The van der Waals surface area contributed by atoms with E-state index in [2.05, 4.69) is 10.1 Å². The molecule has 0 aliphatic heterocycles. The van der Waals surface area contributed by atoms with E-state index in [1.54, 1.807) is 12.1 Å². The van der Waals surface area contributed by atoms with Crippen LogP contribution in [0, 0.1) is 11.3 Å². The molecule has 4 rings (SSSR count). The number of anilines is 1. The second-order valence-electron chi connectivity index (χ2n) is 9.28. The molecule has 0 unspecified atom stereocenters. The van der Waals surface area contributed by atoms with Crippen LogP contribution >= 0.6 is 23.2 Å². The van der Waals surface area contributed by atoms with Crippen LogP contribution in [0.1, 0.15) is 34.0 Å². The summed E-state index contributed by atoms with van der Waals surface area (Å²) in [7, 11) is 1.28. The zero-order valence-electron chi connectivity index (χ0n) is 23.9. The third-order valence-electron chi connectivity index (χ3n) is 6.19. The van der Waals surface area contributed by atoms with Crippen molar-refractivity contribution >= 4 is 46.8 Å². The molecule has 44 heavy (non-hydrogen) atoms. The Kier molecular flexibility index (Phi) is 11.2. The van der Waals surface area contributed by atoms with Gasteiger partial charge in [0.05, 0.1) is 29.3 Å². The molecule has 0 aromatic heterocycles. The number of methoxy groups -OCH3 is 1. The predicted octanol–water partition coefficient (Wildman–Crippen LogP) is 7.88. The van der Waals surface area contributed by atoms with Gasteiger partial charge in [0.25, 0.3) is 5.91 Å². The van der Waals surface area contributed by atoms with Gasteiger partial charge in [-0.15, -0.1) is 0 Å². The molecule has 224 valence electrons. The molecule has 1 N–H and O–H groups in total. The van der Waals surface area contributed by atoms with E-state index < -0.39 is 11.9 Å². The number of hydrogen-bond acceptors (Lipinski definition) is 7. The van der Waals surface area contributed by atoms with Gasteiger partial charge < -0.3 is 24.3 Å². The highest BCUT2D eigenvalue weighted by atomic mass is 35.5. The largest absolute Gasteiger partial charge is 0.490 e. The van der Waals surface area contributed by atoms with Crippen LogP contribution < -0.4 is 19.5 Å². The standard InChI is InChI=1S/C34H28Cl2N2O6/c1-3-42-31-18-23(9-14-30(31)43-20-22-7-5-4-6-8-22)21-44-32-28(35)16-24(17-29(32)36)15-26(19-37)33(39)38-27-12-10-25(11-13-27)34(40)41-2/h4-18H,3,20-21H2,1-2H3,(H,38,39)/b26-15-. The number of ether oxygens (including phenoxy) is 4. The Morgan fingerprint density at radius 1 is 0.841 bits per heavy atom. The Morgan fingerprint density at radius 3 is 2.16 bits per heavy atom. The lowest BCUT2D eigenvalue weighted by Gasteiger charge is -2.15. The average Bonchev–Trinajstić information content (AvgIpc) is 3.03. The fourth-order valence-corrected chi connectivity index (χ4v) is 4.66. The minimum Gasteiger partial charge on any atom is -0.490 e. The molecule has 0 aliphatic rings. The highest BCUT2D eigenvalue weighted by Gasteiger charge is 2.15. The summed E-state index contributed by atoms with van der Waals surface area (Å²) in [5.41, 5.74) is 2.82. The van der Waals surface area contributed by atoms with E-state index in [0.717, 1.165) is 11.1 Å². The summed E-state index contributed by atoms with van der Waals surface area (Å²) >= 11 is 13.0. The van der Waals surface area contributed by atoms with Crippen LogP contribution in [0.3, 0.4) is 0 Å². The fraction of sp³-hybridized carbons (Fsp3) is 0.147. The van der Waals surface area contributed by atoms with Gasteiger partial charge >= 0.3 is 5.97 Å². The number of rotatable bonds is 12. The molecule has 10 heteroatoms. The van der Waals surface area contributed by atoms with Crippen molar-refractivity contribution in [2.45, 2.75) is 20.1 Å². The first-order valence-corrected chi connectivity index (χ1v) is 14.2. The van der Waals surface area contributed by atoms with Gasteiger partial charge in [-0.3, -0.25) is 4.79 Å². The van der Waals surface area contributed by atoms with Crippen molar-refractivity contribution in [2.24, 2.45) is 0 Å². The summed E-state index contributed by atoms with van der Waals surface area (Å²) in [5.74, 6) is 0.304. The van der Waals surface area contributed by atoms with E-state index in [9.17, 15) is 14.9 Å². The van der Waals surface area contributed by atoms with Crippen LogP contribution in [0.2, 0.25) is 10.0 Å². The van der Waals surface area contributed by atoms with Crippen LogP contribution in [0.5, 0.6) is 17.2 Å². The normalized spacial score (nSPS) is 10.8. The number of nitriles is 1. The lowest BCUT2D eigenvalue weighted by Crippen LogP contribution is -2.13. The molecule has 4 aromatic carbocycles. The molecule has 0 heterocycles. The molecule has 0 radical (unpaired) electrons. The van der Waals surface area contributed by atoms with Crippen LogP contribution in [0.4, 0.5) is 5.69 Å². The number of benzene rings is 4. The molecule has 0 saturated heterocycles. The van der Waals surface area contributed by atoms with Gasteiger partial charge in [0, 0.05) is 5.69 Å². The van der Waals surface area contributed by atoms with Gasteiger partial charge in [-0.05, 0) is 78.2 Å². The maximum atomic E-state index is 12.7. The van der Waals surface area contributed by atoms with E-state index in [1.165, 1.54) is 37.5 Å². The SMILES string of the molecule is CCOc1cc(COc2c(Cl)cc(/C=C(/C#N)C(=O)Nc3ccc(C(=O)OC)cc3)cc2Cl)ccc1OCc1ccccc1. The molecule has 1 amide bonds. The summed E-state index contributed by atoms with van der Waals surface area (Å²) in [6.45, 7) is 2.91. The Labute approximate surface area is 265 Å². The van der Waals surface area contributed by atoms with Crippen molar-refractivity contribution in [2.75, 3.05) is 19.0 Å². The monoisotopic (exact) mass is 630 g/mol. The van der Waals surface area contributed by atoms with Gasteiger partial charge in [0.15, 0.2) is 17.2 Å². The Balaban J connectivity index is 1.43. The Morgan fingerprint density at radius 2 is 1.52 bits per heavy atom. The fourth-order valence-electron chi connectivity index (χ4n) is 4.04. The third-order valence-corrected chi connectivity index (χ3v) is 6.75. The molecular weight excluding hydrogens is 603 g/mol. The minimum atomic E-state index is -0.646. The molecule has 0 fully saturated rings. The predicted molar refractivity (Wildman–Crippen MR) is 169 cm³/mol. The molecular formula is C34H28Cl2N2O6. The Bertz CT molecular complexity index is 1680. The van der Waals surface area contributed by atoms with E-state index in [4.69, 9.17) is 37.4 Å². The second-order valence-corrected chi connectivity index (χ2v) is 10.1. The number of amides is 1.